The molecule has 2 aromatic rings. The summed E-state index contributed by atoms with van der Waals surface area (Å²) in [4.78, 5) is 15.9. The quantitative estimate of drug-likeness (QED) is 0.901. The van der Waals surface area contributed by atoms with Gasteiger partial charge in [-0.05, 0) is 30.3 Å². The van der Waals surface area contributed by atoms with Crippen molar-refractivity contribution in [3.63, 3.8) is 0 Å². The second kappa shape index (κ2) is 6.04. The minimum Gasteiger partial charge on any atom is -0.397 e. The SMILES string of the molecule is Nc1ccc(CC(=O)Nc2cc(Br)ccc2Cl)nc1. The number of halogens is 2. The van der Waals surface area contributed by atoms with Gasteiger partial charge in [0, 0.05) is 10.2 Å². The van der Waals surface area contributed by atoms with Gasteiger partial charge in [0.2, 0.25) is 5.91 Å². The molecule has 3 N–H and O–H groups in total. The molecule has 1 aromatic heterocycles. The lowest BCUT2D eigenvalue weighted by Gasteiger charge is -2.07. The summed E-state index contributed by atoms with van der Waals surface area (Å²) in [6.07, 6.45) is 1.69. The van der Waals surface area contributed by atoms with Crippen LogP contribution < -0.4 is 11.1 Å². The third-order valence-corrected chi connectivity index (χ3v) is 3.21. The Balaban J connectivity index is 2.05. The van der Waals surface area contributed by atoms with Gasteiger partial charge in [-0.1, -0.05) is 27.5 Å². The normalized spacial score (nSPS) is 10.2. The van der Waals surface area contributed by atoms with E-state index >= 15 is 0 Å². The fourth-order valence-electron chi connectivity index (χ4n) is 1.49. The number of nitrogens with zero attached hydrogens (tertiary/aromatic N) is 1. The van der Waals surface area contributed by atoms with E-state index in [2.05, 4.69) is 26.2 Å². The average Bonchev–Trinajstić information content (AvgIpc) is 2.37. The van der Waals surface area contributed by atoms with Crippen LogP contribution in [0, 0.1) is 0 Å². The van der Waals surface area contributed by atoms with Crippen LogP contribution in [0.4, 0.5) is 11.4 Å². The minimum atomic E-state index is -0.183. The van der Waals surface area contributed by atoms with E-state index in [-0.39, 0.29) is 12.3 Å². The molecule has 0 spiro atoms. The van der Waals surface area contributed by atoms with Crippen LogP contribution in [0.15, 0.2) is 41.0 Å². The van der Waals surface area contributed by atoms with Gasteiger partial charge < -0.3 is 11.1 Å². The highest BCUT2D eigenvalue weighted by Crippen LogP contribution is 2.25. The molecule has 1 aromatic carbocycles. The predicted octanol–water partition coefficient (Wildman–Crippen LogP) is 3.26. The first-order chi connectivity index (χ1) is 9.04. The number of hydrogen-bond donors (Lipinski definition) is 2. The maximum atomic E-state index is 11.9. The maximum Gasteiger partial charge on any atom is 0.230 e. The molecule has 0 unspecified atom stereocenters. The Morgan fingerprint density at radius 2 is 2.16 bits per heavy atom. The van der Waals surface area contributed by atoms with Gasteiger partial charge in [-0.25, -0.2) is 0 Å². The van der Waals surface area contributed by atoms with Crippen molar-refractivity contribution < 1.29 is 4.79 Å². The standard InChI is InChI=1S/C13H11BrClN3O/c14-8-1-4-11(15)12(5-8)18-13(19)6-10-3-2-9(16)7-17-10/h1-5,7H,6,16H2,(H,18,19). The van der Waals surface area contributed by atoms with Crippen LogP contribution in [-0.2, 0) is 11.2 Å². The number of anilines is 2. The molecule has 0 aliphatic carbocycles. The molecule has 4 nitrogen and oxygen atoms in total. The first-order valence-corrected chi connectivity index (χ1v) is 6.67. The molecule has 0 atom stereocenters. The lowest BCUT2D eigenvalue weighted by Crippen LogP contribution is -2.15. The molecule has 0 bridgehead atoms. The highest BCUT2D eigenvalue weighted by atomic mass is 79.9. The molecule has 0 aliphatic rings. The number of carbonyl (C=O) groups excluding carboxylic acids is 1. The number of pyridine rings is 1. The van der Waals surface area contributed by atoms with Crippen molar-refractivity contribution in [3.8, 4) is 0 Å². The van der Waals surface area contributed by atoms with E-state index in [9.17, 15) is 4.79 Å². The van der Waals surface area contributed by atoms with E-state index in [1.165, 1.54) is 6.20 Å². The molecule has 2 rings (SSSR count). The van der Waals surface area contributed by atoms with E-state index in [1.54, 1.807) is 30.3 Å². The number of nitrogens with two attached hydrogens (primary N) is 1. The van der Waals surface area contributed by atoms with Crippen LogP contribution in [0.1, 0.15) is 5.69 Å². The number of rotatable bonds is 3. The van der Waals surface area contributed by atoms with Crippen molar-refractivity contribution in [2.45, 2.75) is 6.42 Å². The lowest BCUT2D eigenvalue weighted by molar-refractivity contribution is -0.115. The van der Waals surface area contributed by atoms with Crippen molar-refractivity contribution in [2.24, 2.45) is 0 Å². The highest BCUT2D eigenvalue weighted by Gasteiger charge is 2.08. The van der Waals surface area contributed by atoms with Crippen LogP contribution in [0.2, 0.25) is 5.02 Å². The number of nitrogens with one attached hydrogen (secondary N) is 1. The Labute approximate surface area is 124 Å². The monoisotopic (exact) mass is 339 g/mol. The first kappa shape index (κ1) is 13.8. The molecule has 1 amide bonds. The summed E-state index contributed by atoms with van der Waals surface area (Å²) in [5.74, 6) is -0.183. The van der Waals surface area contributed by atoms with Gasteiger partial charge in [0.1, 0.15) is 0 Å². The van der Waals surface area contributed by atoms with Crippen molar-refractivity contribution in [1.82, 2.24) is 4.98 Å². The summed E-state index contributed by atoms with van der Waals surface area (Å²) in [6.45, 7) is 0. The third-order valence-electron chi connectivity index (χ3n) is 2.39. The van der Waals surface area contributed by atoms with Gasteiger partial charge in [-0.15, -0.1) is 0 Å². The molecular formula is C13H11BrClN3O. The van der Waals surface area contributed by atoms with Gasteiger partial charge in [-0.3, -0.25) is 9.78 Å². The molecular weight excluding hydrogens is 330 g/mol. The summed E-state index contributed by atoms with van der Waals surface area (Å²) in [5, 5.41) is 3.23. The fraction of sp³-hybridized carbons (Fsp3) is 0.0769. The van der Waals surface area contributed by atoms with Crippen molar-refractivity contribution in [2.75, 3.05) is 11.1 Å². The number of aromatic nitrogens is 1. The highest BCUT2D eigenvalue weighted by molar-refractivity contribution is 9.10. The smallest absolute Gasteiger partial charge is 0.230 e. The first-order valence-electron chi connectivity index (χ1n) is 5.50. The molecule has 0 aliphatic heterocycles. The van der Waals surface area contributed by atoms with Gasteiger partial charge in [0.15, 0.2) is 0 Å². The van der Waals surface area contributed by atoms with Crippen LogP contribution in [0.3, 0.4) is 0 Å². The molecule has 0 saturated carbocycles. The van der Waals surface area contributed by atoms with Crippen LogP contribution in [0.5, 0.6) is 0 Å². The van der Waals surface area contributed by atoms with Crippen LogP contribution >= 0.6 is 27.5 Å². The Kier molecular flexibility index (Phi) is 4.39. The summed E-state index contributed by atoms with van der Waals surface area (Å²) < 4.78 is 0.845. The Bertz CT molecular complexity index is 601. The Morgan fingerprint density at radius 1 is 1.37 bits per heavy atom. The van der Waals surface area contributed by atoms with Crippen molar-refractivity contribution in [1.29, 1.82) is 0 Å². The number of amides is 1. The zero-order valence-electron chi connectivity index (χ0n) is 9.86. The van der Waals surface area contributed by atoms with Gasteiger partial charge in [0.05, 0.1) is 29.0 Å². The van der Waals surface area contributed by atoms with E-state index in [0.717, 1.165) is 4.47 Å². The summed E-state index contributed by atoms with van der Waals surface area (Å²) in [5.41, 5.74) is 7.32. The van der Waals surface area contributed by atoms with E-state index in [1.807, 2.05) is 0 Å². The summed E-state index contributed by atoms with van der Waals surface area (Å²) in [6, 6.07) is 8.69. The van der Waals surface area contributed by atoms with Crippen molar-refractivity contribution >= 4 is 44.8 Å². The van der Waals surface area contributed by atoms with Crippen LogP contribution in [-0.4, -0.2) is 10.9 Å². The average molecular weight is 341 g/mol. The number of benzene rings is 1. The molecule has 98 valence electrons. The van der Waals surface area contributed by atoms with Crippen LogP contribution in [0.25, 0.3) is 0 Å². The molecule has 0 saturated heterocycles. The van der Waals surface area contributed by atoms with Gasteiger partial charge >= 0.3 is 0 Å². The lowest BCUT2D eigenvalue weighted by atomic mass is 10.2. The van der Waals surface area contributed by atoms with Crippen molar-refractivity contribution in [3.05, 3.63) is 51.7 Å². The van der Waals surface area contributed by atoms with Gasteiger partial charge in [-0.2, -0.15) is 0 Å². The molecule has 0 radical (unpaired) electrons. The predicted molar refractivity (Wildman–Crippen MR) is 80.1 cm³/mol. The zero-order valence-corrected chi connectivity index (χ0v) is 12.2. The van der Waals surface area contributed by atoms with E-state index in [4.69, 9.17) is 17.3 Å². The fourth-order valence-corrected chi connectivity index (χ4v) is 2.02. The van der Waals surface area contributed by atoms with E-state index < -0.39 is 0 Å². The molecule has 6 heteroatoms. The largest absolute Gasteiger partial charge is 0.397 e. The zero-order chi connectivity index (χ0) is 13.8. The third kappa shape index (κ3) is 3.94. The number of nitrogen functional groups attached to an aromatic ring is 1. The summed E-state index contributed by atoms with van der Waals surface area (Å²) >= 11 is 9.32. The Morgan fingerprint density at radius 3 is 2.84 bits per heavy atom. The van der Waals surface area contributed by atoms with Gasteiger partial charge in [0.25, 0.3) is 0 Å². The molecule has 0 fully saturated rings. The Hall–Kier alpha value is -1.59. The molecule has 1 heterocycles. The minimum absolute atomic E-state index is 0.170. The van der Waals surface area contributed by atoms with E-state index in [0.29, 0.717) is 22.1 Å². The number of hydrogen-bond acceptors (Lipinski definition) is 3. The maximum absolute atomic E-state index is 11.9. The molecule has 19 heavy (non-hydrogen) atoms. The second-order valence-electron chi connectivity index (χ2n) is 3.93. The summed E-state index contributed by atoms with van der Waals surface area (Å²) in [7, 11) is 0. The number of carbonyl (C=O) groups is 1. The second-order valence-corrected chi connectivity index (χ2v) is 5.25. The topological polar surface area (TPSA) is 68.0 Å².